The molecule has 0 saturated heterocycles. The van der Waals surface area contributed by atoms with Crippen molar-refractivity contribution in [1.29, 1.82) is 0 Å². The predicted molar refractivity (Wildman–Crippen MR) is 66.5 cm³/mol. The lowest BCUT2D eigenvalue weighted by molar-refractivity contribution is 0.571. The highest BCUT2D eigenvalue weighted by molar-refractivity contribution is 7.17. The summed E-state index contributed by atoms with van der Waals surface area (Å²) in [5.41, 5.74) is 2.14. The molecule has 0 spiro atoms. The lowest BCUT2D eigenvalue weighted by Crippen LogP contribution is -1.97. The zero-order chi connectivity index (χ0) is 11.0. The molecule has 0 N–H and O–H groups in total. The third-order valence-electron chi connectivity index (χ3n) is 2.58. The molecule has 0 fully saturated rings. The summed E-state index contributed by atoms with van der Waals surface area (Å²) in [6, 6.07) is 8.38. The monoisotopic (exact) mass is 229 g/mol. The van der Waals surface area contributed by atoms with Gasteiger partial charge in [0.15, 0.2) is 0 Å². The van der Waals surface area contributed by atoms with E-state index >= 15 is 0 Å². The van der Waals surface area contributed by atoms with Crippen molar-refractivity contribution in [2.75, 3.05) is 0 Å². The van der Waals surface area contributed by atoms with Crippen LogP contribution in [0.2, 0.25) is 0 Å². The second kappa shape index (κ2) is 3.72. The fraction of sp³-hybridized carbons (Fsp3) is 0.167. The van der Waals surface area contributed by atoms with Crippen LogP contribution in [-0.4, -0.2) is 15.0 Å². The van der Waals surface area contributed by atoms with Gasteiger partial charge in [-0.3, -0.25) is 0 Å². The number of nitrogens with zero attached hydrogens (tertiary/aromatic N) is 3. The SMILES string of the molecule is CCn1ncc(-c2csc3ccccc23)n1. The largest absolute Gasteiger partial charge is 0.185 e. The van der Waals surface area contributed by atoms with Gasteiger partial charge >= 0.3 is 0 Å². The first-order valence-electron chi connectivity index (χ1n) is 5.25. The van der Waals surface area contributed by atoms with E-state index in [9.17, 15) is 0 Å². The molecule has 0 saturated carbocycles. The molecule has 3 rings (SSSR count). The highest BCUT2D eigenvalue weighted by Gasteiger charge is 2.08. The minimum Gasteiger partial charge on any atom is -0.185 e. The highest BCUT2D eigenvalue weighted by atomic mass is 32.1. The Labute approximate surface area is 97.3 Å². The third kappa shape index (κ3) is 1.42. The maximum atomic E-state index is 4.43. The Kier molecular flexibility index (Phi) is 2.22. The molecule has 4 heteroatoms. The quantitative estimate of drug-likeness (QED) is 0.675. The van der Waals surface area contributed by atoms with Crippen LogP contribution < -0.4 is 0 Å². The highest BCUT2D eigenvalue weighted by Crippen LogP contribution is 2.32. The van der Waals surface area contributed by atoms with Gasteiger partial charge in [0, 0.05) is 21.0 Å². The first kappa shape index (κ1) is 9.54. The number of thiophene rings is 1. The van der Waals surface area contributed by atoms with E-state index in [2.05, 4.69) is 39.8 Å². The molecule has 0 aliphatic rings. The van der Waals surface area contributed by atoms with Gasteiger partial charge in [-0.1, -0.05) is 18.2 Å². The first-order valence-corrected chi connectivity index (χ1v) is 6.13. The zero-order valence-electron chi connectivity index (χ0n) is 8.92. The van der Waals surface area contributed by atoms with E-state index in [0.29, 0.717) is 0 Å². The van der Waals surface area contributed by atoms with Crippen LogP contribution in [-0.2, 0) is 6.54 Å². The van der Waals surface area contributed by atoms with E-state index in [1.54, 1.807) is 16.1 Å². The van der Waals surface area contributed by atoms with Crippen LogP contribution >= 0.6 is 11.3 Å². The van der Waals surface area contributed by atoms with Crippen LogP contribution in [0.25, 0.3) is 21.3 Å². The van der Waals surface area contributed by atoms with Gasteiger partial charge in [0.2, 0.25) is 0 Å². The Bertz CT molecular complexity index is 624. The van der Waals surface area contributed by atoms with Crippen molar-refractivity contribution in [3.8, 4) is 11.3 Å². The van der Waals surface area contributed by atoms with E-state index in [0.717, 1.165) is 12.2 Å². The Balaban J connectivity index is 2.18. The molecule has 0 aliphatic heterocycles. The van der Waals surface area contributed by atoms with Gasteiger partial charge in [-0.15, -0.1) is 11.3 Å². The molecule has 80 valence electrons. The van der Waals surface area contributed by atoms with Gasteiger partial charge in [0.05, 0.1) is 12.7 Å². The van der Waals surface area contributed by atoms with E-state index in [-0.39, 0.29) is 0 Å². The number of aromatic nitrogens is 3. The first-order chi connectivity index (χ1) is 7.88. The Morgan fingerprint density at radius 2 is 2.19 bits per heavy atom. The molecule has 0 unspecified atom stereocenters. The van der Waals surface area contributed by atoms with Gasteiger partial charge < -0.3 is 0 Å². The Hall–Kier alpha value is -1.68. The number of aryl methyl sites for hydroxylation is 1. The molecule has 2 heterocycles. The van der Waals surface area contributed by atoms with Gasteiger partial charge in [-0.25, -0.2) is 0 Å². The van der Waals surface area contributed by atoms with Crippen molar-refractivity contribution >= 4 is 21.4 Å². The second-order valence-corrected chi connectivity index (χ2v) is 4.48. The predicted octanol–water partition coefficient (Wildman–Crippen LogP) is 3.18. The molecular weight excluding hydrogens is 218 g/mol. The van der Waals surface area contributed by atoms with Crippen LogP contribution in [0.3, 0.4) is 0 Å². The van der Waals surface area contributed by atoms with Crippen LogP contribution in [0.4, 0.5) is 0 Å². The number of benzene rings is 1. The molecule has 2 aromatic heterocycles. The summed E-state index contributed by atoms with van der Waals surface area (Å²) in [5.74, 6) is 0. The fourth-order valence-electron chi connectivity index (χ4n) is 1.75. The Morgan fingerprint density at radius 1 is 1.31 bits per heavy atom. The molecule has 1 aromatic carbocycles. The summed E-state index contributed by atoms with van der Waals surface area (Å²) < 4.78 is 1.29. The number of fused-ring (bicyclic) bond motifs is 1. The van der Waals surface area contributed by atoms with E-state index in [4.69, 9.17) is 0 Å². The van der Waals surface area contributed by atoms with Crippen molar-refractivity contribution < 1.29 is 0 Å². The standard InChI is InChI=1S/C12H11N3S/c1-2-15-13-7-11(14-15)10-8-16-12-6-4-3-5-9(10)12/h3-8H,2H2,1H3. The maximum Gasteiger partial charge on any atom is 0.114 e. The van der Waals surface area contributed by atoms with E-state index in [1.165, 1.54) is 15.6 Å². The molecule has 0 amide bonds. The van der Waals surface area contributed by atoms with Crippen molar-refractivity contribution in [3.63, 3.8) is 0 Å². The number of rotatable bonds is 2. The average Bonchev–Trinajstić information content (AvgIpc) is 2.94. The minimum atomic E-state index is 0.808. The third-order valence-corrected chi connectivity index (χ3v) is 3.54. The average molecular weight is 229 g/mol. The van der Waals surface area contributed by atoms with Crippen molar-refractivity contribution in [2.45, 2.75) is 13.5 Å². The summed E-state index contributed by atoms with van der Waals surface area (Å²) in [6.45, 7) is 2.84. The van der Waals surface area contributed by atoms with Gasteiger partial charge in [0.25, 0.3) is 0 Å². The summed E-state index contributed by atoms with van der Waals surface area (Å²) in [4.78, 5) is 1.71. The molecule has 0 radical (unpaired) electrons. The normalized spacial score (nSPS) is 11.1. The molecule has 16 heavy (non-hydrogen) atoms. The van der Waals surface area contributed by atoms with E-state index < -0.39 is 0 Å². The Morgan fingerprint density at radius 3 is 3.00 bits per heavy atom. The second-order valence-electron chi connectivity index (χ2n) is 3.56. The summed E-state index contributed by atoms with van der Waals surface area (Å²) in [7, 11) is 0. The molecule has 0 atom stereocenters. The van der Waals surface area contributed by atoms with Crippen LogP contribution in [0, 0.1) is 0 Å². The van der Waals surface area contributed by atoms with Crippen LogP contribution in [0.15, 0.2) is 35.8 Å². The number of hydrogen-bond donors (Lipinski definition) is 0. The molecule has 3 aromatic rings. The van der Waals surface area contributed by atoms with Gasteiger partial charge in [-0.2, -0.15) is 15.0 Å². The zero-order valence-corrected chi connectivity index (χ0v) is 9.74. The topological polar surface area (TPSA) is 30.7 Å². The van der Waals surface area contributed by atoms with Gasteiger partial charge in [-0.05, 0) is 13.0 Å². The lowest BCUT2D eigenvalue weighted by atomic mass is 10.1. The minimum absolute atomic E-state index is 0.808. The fourth-order valence-corrected chi connectivity index (χ4v) is 2.70. The molecule has 0 bridgehead atoms. The molecule has 0 aliphatic carbocycles. The lowest BCUT2D eigenvalue weighted by Gasteiger charge is -1.93. The summed E-state index contributed by atoms with van der Waals surface area (Å²) in [6.07, 6.45) is 1.83. The summed E-state index contributed by atoms with van der Waals surface area (Å²) in [5, 5.41) is 12.0. The molecule has 3 nitrogen and oxygen atoms in total. The van der Waals surface area contributed by atoms with Crippen molar-refractivity contribution in [1.82, 2.24) is 15.0 Å². The van der Waals surface area contributed by atoms with Crippen molar-refractivity contribution in [3.05, 3.63) is 35.8 Å². The van der Waals surface area contributed by atoms with Crippen molar-refractivity contribution in [2.24, 2.45) is 0 Å². The number of hydrogen-bond acceptors (Lipinski definition) is 3. The molecular formula is C12H11N3S. The van der Waals surface area contributed by atoms with Crippen LogP contribution in [0.1, 0.15) is 6.92 Å². The maximum absolute atomic E-state index is 4.43. The van der Waals surface area contributed by atoms with Crippen LogP contribution in [0.5, 0.6) is 0 Å². The van der Waals surface area contributed by atoms with E-state index in [1.807, 2.05) is 13.1 Å². The van der Waals surface area contributed by atoms with Gasteiger partial charge in [0.1, 0.15) is 5.69 Å². The summed E-state index contributed by atoms with van der Waals surface area (Å²) >= 11 is 1.75. The smallest absolute Gasteiger partial charge is 0.114 e.